The molecule has 1 aromatic carbocycles. The molecular formula is C15H17NO. The van der Waals surface area contributed by atoms with Crippen LogP contribution in [-0.4, -0.2) is 17.0 Å². The molecule has 88 valence electrons. The summed E-state index contributed by atoms with van der Waals surface area (Å²) in [6.07, 6.45) is 6.56. The molecule has 17 heavy (non-hydrogen) atoms. The molecule has 0 atom stereocenters. The van der Waals surface area contributed by atoms with Gasteiger partial charge in [-0.1, -0.05) is 49.6 Å². The van der Waals surface area contributed by atoms with Crippen LogP contribution in [0.3, 0.4) is 0 Å². The van der Waals surface area contributed by atoms with E-state index in [9.17, 15) is 4.79 Å². The van der Waals surface area contributed by atoms with Gasteiger partial charge < -0.3 is 0 Å². The van der Waals surface area contributed by atoms with Crippen molar-refractivity contribution in [3.63, 3.8) is 0 Å². The minimum Gasteiger partial charge on any atom is -0.292 e. The number of benzene rings is 1. The average molecular weight is 227 g/mol. The van der Waals surface area contributed by atoms with Crippen molar-refractivity contribution in [3.05, 3.63) is 35.9 Å². The number of carbonyl (C=O) groups excluding carboxylic acids is 1. The van der Waals surface area contributed by atoms with E-state index in [4.69, 9.17) is 4.99 Å². The van der Waals surface area contributed by atoms with Gasteiger partial charge in [-0.05, 0) is 12.8 Å². The van der Waals surface area contributed by atoms with Gasteiger partial charge in [0.25, 0.3) is 0 Å². The average Bonchev–Trinajstić information content (AvgIpc) is 2.68. The number of hydrogen-bond acceptors (Lipinski definition) is 2. The standard InChI is InChI=1S/C15H17NO/c17-13-11-15(9-5-2-6-10-15)16-14(13)12-7-3-1-4-8-12/h1,3-4,7-8H,2,5-6,9-11H2. The molecule has 1 aromatic rings. The lowest BCUT2D eigenvalue weighted by atomic mass is 9.80. The SMILES string of the molecule is O=C1CC2(CCCCC2)N=C1c1ccccc1. The van der Waals surface area contributed by atoms with Gasteiger partial charge in [0.2, 0.25) is 0 Å². The second-order valence-electron chi connectivity index (χ2n) is 5.21. The van der Waals surface area contributed by atoms with Gasteiger partial charge in [0.1, 0.15) is 5.71 Å². The minimum absolute atomic E-state index is 0.0412. The zero-order chi connectivity index (χ0) is 11.7. The minimum atomic E-state index is -0.0412. The van der Waals surface area contributed by atoms with Crippen molar-refractivity contribution in [3.8, 4) is 0 Å². The monoisotopic (exact) mass is 227 g/mol. The van der Waals surface area contributed by atoms with Crippen LogP contribution < -0.4 is 0 Å². The van der Waals surface area contributed by atoms with Crippen molar-refractivity contribution in [1.82, 2.24) is 0 Å². The Bertz CT molecular complexity index is 455. The fourth-order valence-corrected chi connectivity index (χ4v) is 3.04. The first kappa shape index (κ1) is 10.7. The Hall–Kier alpha value is -1.44. The Morgan fingerprint density at radius 2 is 1.71 bits per heavy atom. The first-order chi connectivity index (χ1) is 8.29. The molecule has 1 saturated carbocycles. The summed E-state index contributed by atoms with van der Waals surface area (Å²) in [7, 11) is 0. The molecule has 3 rings (SSSR count). The van der Waals surface area contributed by atoms with E-state index in [1.807, 2.05) is 30.3 Å². The molecule has 0 amide bonds. The maximum Gasteiger partial charge on any atom is 0.183 e. The topological polar surface area (TPSA) is 29.4 Å². The summed E-state index contributed by atoms with van der Waals surface area (Å²) in [6, 6.07) is 9.88. The predicted molar refractivity (Wildman–Crippen MR) is 68.4 cm³/mol. The summed E-state index contributed by atoms with van der Waals surface area (Å²) in [5, 5.41) is 0. The Morgan fingerprint density at radius 1 is 1.00 bits per heavy atom. The molecule has 2 heteroatoms. The van der Waals surface area contributed by atoms with E-state index in [0.717, 1.165) is 18.4 Å². The zero-order valence-electron chi connectivity index (χ0n) is 9.98. The highest BCUT2D eigenvalue weighted by atomic mass is 16.1. The van der Waals surface area contributed by atoms with E-state index < -0.39 is 0 Å². The van der Waals surface area contributed by atoms with E-state index in [-0.39, 0.29) is 11.3 Å². The summed E-state index contributed by atoms with van der Waals surface area (Å²) in [6.45, 7) is 0. The van der Waals surface area contributed by atoms with Crippen molar-refractivity contribution in [2.75, 3.05) is 0 Å². The summed E-state index contributed by atoms with van der Waals surface area (Å²) in [5.41, 5.74) is 1.66. The highest BCUT2D eigenvalue weighted by Gasteiger charge is 2.40. The van der Waals surface area contributed by atoms with E-state index in [1.54, 1.807) is 0 Å². The van der Waals surface area contributed by atoms with E-state index in [0.29, 0.717) is 12.1 Å². The largest absolute Gasteiger partial charge is 0.292 e. The van der Waals surface area contributed by atoms with Crippen LogP contribution in [0.4, 0.5) is 0 Å². The van der Waals surface area contributed by atoms with Crippen LogP contribution >= 0.6 is 0 Å². The number of aliphatic imine (C=N–C) groups is 1. The third-order valence-corrected chi connectivity index (χ3v) is 3.93. The molecule has 0 saturated heterocycles. The molecule has 0 unspecified atom stereocenters. The molecule has 1 aliphatic heterocycles. The van der Waals surface area contributed by atoms with Crippen molar-refractivity contribution in [2.24, 2.45) is 4.99 Å². The molecule has 2 aliphatic rings. The van der Waals surface area contributed by atoms with Crippen LogP contribution in [0.1, 0.15) is 44.1 Å². The molecule has 0 N–H and O–H groups in total. The Kier molecular flexibility index (Phi) is 2.58. The second kappa shape index (κ2) is 4.10. The van der Waals surface area contributed by atoms with Crippen molar-refractivity contribution >= 4 is 11.5 Å². The van der Waals surface area contributed by atoms with Crippen molar-refractivity contribution < 1.29 is 4.79 Å². The summed E-state index contributed by atoms with van der Waals surface area (Å²) in [5.74, 6) is 0.234. The summed E-state index contributed by atoms with van der Waals surface area (Å²) >= 11 is 0. The van der Waals surface area contributed by atoms with Gasteiger partial charge in [0, 0.05) is 12.0 Å². The normalized spacial score (nSPS) is 22.8. The summed E-state index contributed by atoms with van der Waals surface area (Å²) < 4.78 is 0. The second-order valence-corrected chi connectivity index (χ2v) is 5.21. The molecule has 2 nitrogen and oxygen atoms in total. The lowest BCUT2D eigenvalue weighted by molar-refractivity contribution is -0.113. The van der Waals surface area contributed by atoms with E-state index in [2.05, 4.69) is 0 Å². The third-order valence-electron chi connectivity index (χ3n) is 3.93. The Balaban J connectivity index is 1.94. The molecule has 1 spiro atoms. The molecular weight excluding hydrogens is 210 g/mol. The quantitative estimate of drug-likeness (QED) is 0.724. The highest BCUT2D eigenvalue weighted by Crippen LogP contribution is 2.39. The van der Waals surface area contributed by atoms with Crippen molar-refractivity contribution in [1.29, 1.82) is 0 Å². The lowest BCUT2D eigenvalue weighted by Crippen LogP contribution is -2.27. The smallest absolute Gasteiger partial charge is 0.183 e. The number of carbonyl (C=O) groups is 1. The summed E-state index contributed by atoms with van der Waals surface area (Å²) in [4.78, 5) is 16.9. The molecule has 0 aromatic heterocycles. The maximum absolute atomic E-state index is 12.1. The maximum atomic E-state index is 12.1. The van der Waals surface area contributed by atoms with Gasteiger partial charge in [0.05, 0.1) is 5.54 Å². The molecule has 1 fully saturated rings. The fourth-order valence-electron chi connectivity index (χ4n) is 3.04. The lowest BCUT2D eigenvalue weighted by Gasteiger charge is -2.29. The van der Waals surface area contributed by atoms with Gasteiger partial charge in [-0.3, -0.25) is 9.79 Å². The van der Waals surface area contributed by atoms with Crippen LogP contribution in [0.2, 0.25) is 0 Å². The zero-order valence-corrected chi connectivity index (χ0v) is 9.98. The van der Waals surface area contributed by atoms with Gasteiger partial charge in [-0.2, -0.15) is 0 Å². The number of nitrogens with zero attached hydrogens (tertiary/aromatic N) is 1. The number of ketones is 1. The van der Waals surface area contributed by atoms with Crippen LogP contribution in [0, 0.1) is 0 Å². The van der Waals surface area contributed by atoms with Gasteiger partial charge >= 0.3 is 0 Å². The predicted octanol–water partition coefficient (Wildman–Crippen LogP) is 3.15. The molecule has 0 radical (unpaired) electrons. The van der Waals surface area contributed by atoms with Gasteiger partial charge in [-0.15, -0.1) is 0 Å². The van der Waals surface area contributed by atoms with Gasteiger partial charge in [-0.25, -0.2) is 0 Å². The number of rotatable bonds is 1. The van der Waals surface area contributed by atoms with Gasteiger partial charge in [0.15, 0.2) is 5.78 Å². The van der Waals surface area contributed by atoms with Crippen LogP contribution in [0.15, 0.2) is 35.3 Å². The van der Waals surface area contributed by atoms with Crippen molar-refractivity contribution in [2.45, 2.75) is 44.1 Å². The number of Topliss-reactive ketones (excluding diaryl/α,β-unsaturated/α-hetero) is 1. The van der Waals surface area contributed by atoms with Crippen LogP contribution in [0.5, 0.6) is 0 Å². The third kappa shape index (κ3) is 1.92. The van der Waals surface area contributed by atoms with E-state index >= 15 is 0 Å². The Labute approximate surface area is 102 Å². The number of hydrogen-bond donors (Lipinski definition) is 0. The first-order valence-corrected chi connectivity index (χ1v) is 6.48. The molecule has 1 heterocycles. The molecule has 1 aliphatic carbocycles. The van der Waals surface area contributed by atoms with Crippen LogP contribution in [0.25, 0.3) is 0 Å². The Morgan fingerprint density at radius 3 is 2.41 bits per heavy atom. The first-order valence-electron chi connectivity index (χ1n) is 6.48. The highest BCUT2D eigenvalue weighted by molar-refractivity contribution is 6.47. The van der Waals surface area contributed by atoms with Crippen LogP contribution in [-0.2, 0) is 4.79 Å². The fraction of sp³-hybridized carbons (Fsp3) is 0.467. The van der Waals surface area contributed by atoms with E-state index in [1.165, 1.54) is 19.3 Å². The molecule has 0 bridgehead atoms.